The Kier molecular flexibility index (Phi) is 8.04. The van der Waals surface area contributed by atoms with E-state index < -0.39 is 33.9 Å². The fourth-order valence-electron chi connectivity index (χ4n) is 3.71. The van der Waals surface area contributed by atoms with E-state index in [2.05, 4.69) is 20.3 Å². The van der Waals surface area contributed by atoms with E-state index in [-0.39, 0.29) is 58.1 Å². The van der Waals surface area contributed by atoms with Crippen LogP contribution in [0.5, 0.6) is 0 Å². The molecule has 2 N–H and O–H groups in total. The van der Waals surface area contributed by atoms with Crippen LogP contribution < -0.4 is 10.4 Å². The van der Waals surface area contributed by atoms with Crippen molar-refractivity contribution in [1.29, 1.82) is 0 Å². The SMILES string of the molecule is CONC(=O)c1cc(N2CCC(N(C(=O)F)C(=O)c3[nH]c(C)c(Cl)c3Cl)CC2)nc(S(C)(=O)=O)c1. The molecule has 190 valence electrons. The minimum absolute atomic E-state index is 0.00349. The highest BCUT2D eigenvalue weighted by Gasteiger charge is 2.36. The fraction of sp³-hybridized carbons (Fsp3) is 0.400. The Morgan fingerprint density at radius 3 is 2.34 bits per heavy atom. The Morgan fingerprint density at radius 2 is 1.86 bits per heavy atom. The molecule has 1 aliphatic rings. The van der Waals surface area contributed by atoms with E-state index >= 15 is 0 Å². The number of hydroxylamine groups is 1. The lowest BCUT2D eigenvalue weighted by molar-refractivity contribution is 0.0536. The predicted molar refractivity (Wildman–Crippen MR) is 125 cm³/mol. The van der Waals surface area contributed by atoms with Crippen LogP contribution in [0.3, 0.4) is 0 Å². The molecule has 11 nitrogen and oxygen atoms in total. The maximum atomic E-state index is 14.0. The topological polar surface area (TPSA) is 142 Å². The summed E-state index contributed by atoms with van der Waals surface area (Å²) >= 11 is 12.1. The molecule has 3 rings (SSSR count). The average molecular weight is 550 g/mol. The molecule has 2 aromatic rings. The van der Waals surface area contributed by atoms with Gasteiger partial charge in [0, 0.05) is 36.6 Å². The van der Waals surface area contributed by atoms with Crippen LogP contribution in [0.25, 0.3) is 0 Å². The molecule has 0 radical (unpaired) electrons. The van der Waals surface area contributed by atoms with Gasteiger partial charge in [0.2, 0.25) is 0 Å². The maximum Gasteiger partial charge on any atom is 0.407 e. The number of hydrogen-bond donors (Lipinski definition) is 2. The number of aromatic nitrogens is 2. The van der Waals surface area contributed by atoms with E-state index in [4.69, 9.17) is 23.2 Å². The zero-order chi connectivity index (χ0) is 26.1. The van der Waals surface area contributed by atoms with Crippen LogP contribution in [0.4, 0.5) is 15.0 Å². The van der Waals surface area contributed by atoms with Gasteiger partial charge in [-0.05, 0) is 31.9 Å². The number of aryl methyl sites for hydroxylation is 1. The number of nitrogens with zero attached hydrogens (tertiary/aromatic N) is 3. The smallest absolute Gasteiger partial charge is 0.356 e. The van der Waals surface area contributed by atoms with Crippen molar-refractivity contribution in [3.63, 3.8) is 0 Å². The van der Waals surface area contributed by atoms with Gasteiger partial charge in [-0.2, -0.15) is 0 Å². The van der Waals surface area contributed by atoms with Gasteiger partial charge in [-0.15, -0.1) is 4.39 Å². The van der Waals surface area contributed by atoms with Crippen molar-refractivity contribution in [2.24, 2.45) is 0 Å². The van der Waals surface area contributed by atoms with Crippen LogP contribution >= 0.6 is 23.2 Å². The van der Waals surface area contributed by atoms with Crippen molar-refractivity contribution in [3.05, 3.63) is 39.1 Å². The number of hydrogen-bond acceptors (Lipinski definition) is 8. The second kappa shape index (κ2) is 10.5. The van der Waals surface area contributed by atoms with E-state index in [0.29, 0.717) is 10.6 Å². The minimum Gasteiger partial charge on any atom is -0.356 e. The summed E-state index contributed by atoms with van der Waals surface area (Å²) < 4.78 is 38.2. The summed E-state index contributed by atoms with van der Waals surface area (Å²) in [7, 11) is -2.52. The largest absolute Gasteiger partial charge is 0.407 e. The lowest BCUT2D eigenvalue weighted by Gasteiger charge is -2.36. The van der Waals surface area contributed by atoms with Crippen molar-refractivity contribution in [2.75, 3.05) is 31.4 Å². The second-order valence-electron chi connectivity index (χ2n) is 7.86. The van der Waals surface area contributed by atoms with Crippen LogP contribution in [-0.2, 0) is 14.7 Å². The number of carbonyl (C=O) groups excluding carboxylic acids is 3. The van der Waals surface area contributed by atoms with Crippen molar-refractivity contribution >= 4 is 56.8 Å². The molecule has 15 heteroatoms. The number of piperidine rings is 1. The molecule has 0 atom stereocenters. The predicted octanol–water partition coefficient (Wildman–Crippen LogP) is 2.92. The molecular weight excluding hydrogens is 528 g/mol. The first-order chi connectivity index (χ1) is 16.3. The molecule has 0 saturated carbocycles. The number of rotatable bonds is 6. The summed E-state index contributed by atoms with van der Waals surface area (Å²) in [5, 5.41) is -0.328. The highest BCUT2D eigenvalue weighted by Crippen LogP contribution is 2.32. The van der Waals surface area contributed by atoms with E-state index in [1.54, 1.807) is 11.8 Å². The lowest BCUT2D eigenvalue weighted by atomic mass is 10.0. The fourth-order valence-corrected chi connectivity index (χ4v) is 4.72. The van der Waals surface area contributed by atoms with Crippen LogP contribution in [0.1, 0.15) is 39.4 Å². The normalized spacial score (nSPS) is 14.6. The average Bonchev–Trinajstić information content (AvgIpc) is 3.06. The zero-order valence-electron chi connectivity index (χ0n) is 18.9. The van der Waals surface area contributed by atoms with Gasteiger partial charge >= 0.3 is 6.16 Å². The molecule has 1 saturated heterocycles. The monoisotopic (exact) mass is 549 g/mol. The van der Waals surface area contributed by atoms with Crippen LogP contribution in [0, 0.1) is 6.92 Å². The molecule has 1 aliphatic heterocycles. The van der Waals surface area contributed by atoms with Gasteiger partial charge in [0.15, 0.2) is 14.9 Å². The molecule has 0 aliphatic carbocycles. The van der Waals surface area contributed by atoms with Crippen molar-refractivity contribution in [1.82, 2.24) is 20.3 Å². The van der Waals surface area contributed by atoms with Gasteiger partial charge in [0.05, 0.1) is 17.2 Å². The Morgan fingerprint density at radius 1 is 1.23 bits per heavy atom. The van der Waals surface area contributed by atoms with Crippen molar-refractivity contribution < 1.29 is 32.0 Å². The van der Waals surface area contributed by atoms with Gasteiger partial charge in [-0.3, -0.25) is 14.4 Å². The number of carbonyl (C=O) groups is 3. The maximum absolute atomic E-state index is 14.0. The van der Waals surface area contributed by atoms with E-state index in [9.17, 15) is 27.2 Å². The zero-order valence-corrected chi connectivity index (χ0v) is 21.2. The molecule has 0 aromatic carbocycles. The Bertz CT molecular complexity index is 1280. The van der Waals surface area contributed by atoms with Gasteiger partial charge in [0.1, 0.15) is 11.5 Å². The summed E-state index contributed by atoms with van der Waals surface area (Å²) in [6.07, 6.45) is -0.684. The van der Waals surface area contributed by atoms with Gasteiger partial charge in [0.25, 0.3) is 11.8 Å². The number of amides is 3. The third-order valence-electron chi connectivity index (χ3n) is 5.45. The number of halogens is 3. The Labute approximate surface area is 210 Å². The number of nitrogens with one attached hydrogen (secondary N) is 2. The van der Waals surface area contributed by atoms with E-state index in [1.165, 1.54) is 13.2 Å². The van der Waals surface area contributed by atoms with Gasteiger partial charge in [-0.1, -0.05) is 23.2 Å². The van der Waals surface area contributed by atoms with E-state index in [0.717, 1.165) is 12.3 Å². The third-order valence-corrected chi connectivity index (χ3v) is 7.37. The molecule has 1 fully saturated rings. The van der Waals surface area contributed by atoms with Crippen molar-refractivity contribution in [2.45, 2.75) is 30.8 Å². The minimum atomic E-state index is -3.75. The molecular formula is C20H22Cl2FN5O6S. The number of sulfone groups is 1. The van der Waals surface area contributed by atoms with Crippen LogP contribution in [0.2, 0.25) is 10.0 Å². The Balaban J connectivity index is 1.84. The highest BCUT2D eigenvalue weighted by molar-refractivity contribution is 7.90. The molecule has 0 spiro atoms. The number of H-pyrrole nitrogens is 1. The summed E-state index contributed by atoms with van der Waals surface area (Å²) in [6, 6.07) is 1.70. The summed E-state index contributed by atoms with van der Waals surface area (Å²) in [6.45, 7) is 1.95. The molecule has 3 amide bonds. The quantitative estimate of drug-likeness (QED) is 0.318. The molecule has 35 heavy (non-hydrogen) atoms. The number of pyridine rings is 1. The first-order valence-electron chi connectivity index (χ1n) is 10.2. The molecule has 2 aromatic heterocycles. The number of anilines is 1. The van der Waals surface area contributed by atoms with E-state index in [1.807, 2.05) is 0 Å². The standard InChI is InChI=1S/C20H22Cl2FN5O6S/c1-10-15(21)16(22)17(24-10)19(30)28(20(23)31)12-4-6-27(7-5-12)13-8-11(18(29)26-34-2)9-14(25-13)35(3,32)33/h8-9,12,24H,4-7H2,1-3H3,(H,26,29). The highest BCUT2D eigenvalue weighted by atomic mass is 35.5. The van der Waals surface area contributed by atoms with Crippen LogP contribution in [0.15, 0.2) is 17.2 Å². The van der Waals surface area contributed by atoms with Crippen LogP contribution in [-0.4, -0.2) is 73.8 Å². The summed E-state index contributed by atoms with van der Waals surface area (Å²) in [4.78, 5) is 50.4. The van der Waals surface area contributed by atoms with Gasteiger partial charge in [-0.25, -0.2) is 28.6 Å². The summed E-state index contributed by atoms with van der Waals surface area (Å²) in [5.41, 5.74) is 2.32. The van der Waals surface area contributed by atoms with Gasteiger partial charge < -0.3 is 9.88 Å². The lowest BCUT2D eigenvalue weighted by Crippen LogP contribution is -2.49. The summed E-state index contributed by atoms with van der Waals surface area (Å²) in [5.74, 6) is -1.44. The molecule has 0 unspecified atom stereocenters. The first-order valence-corrected chi connectivity index (χ1v) is 12.9. The third kappa shape index (κ3) is 5.74. The Hall–Kier alpha value is -2.74. The first kappa shape index (κ1) is 26.9. The molecule has 3 heterocycles. The molecule has 0 bridgehead atoms. The van der Waals surface area contributed by atoms with Crippen molar-refractivity contribution in [3.8, 4) is 0 Å². The number of imide groups is 1. The number of aromatic amines is 1. The second-order valence-corrected chi connectivity index (χ2v) is 10.6.